The van der Waals surface area contributed by atoms with E-state index in [4.69, 9.17) is 0 Å². The van der Waals surface area contributed by atoms with Crippen molar-refractivity contribution in [2.24, 2.45) is 0 Å². The average molecular weight is 623 g/mol. The van der Waals surface area contributed by atoms with E-state index in [-0.39, 0.29) is 42.2 Å². The molecule has 0 heterocycles. The van der Waals surface area contributed by atoms with Gasteiger partial charge < -0.3 is 30.4 Å². The van der Waals surface area contributed by atoms with Crippen molar-refractivity contribution in [3.05, 3.63) is 130 Å². The van der Waals surface area contributed by atoms with Gasteiger partial charge in [-0.2, -0.15) is 0 Å². The molecule has 0 atom stereocenters. The molecule has 8 heteroatoms. The smallest absolute Gasteiger partial charge is 0.255 e. The van der Waals surface area contributed by atoms with E-state index in [0.717, 1.165) is 28.1 Å². The molecule has 2 amide bonds. The molecule has 0 aliphatic rings. The highest BCUT2D eigenvalue weighted by Gasteiger charge is 2.17. The lowest BCUT2D eigenvalue weighted by Crippen LogP contribution is -2.22. The number of carbonyl (C=O) groups is 4. The number of carboxylic acid groups (broad SMARTS) is 2. The molecule has 0 radical (unpaired) electrons. The number of rotatable bonds is 9. The van der Waals surface area contributed by atoms with E-state index in [0.29, 0.717) is 17.0 Å². The van der Waals surface area contributed by atoms with Gasteiger partial charge in [-0.05, 0) is 75.9 Å². The Morgan fingerprint density at radius 2 is 0.826 bits per heavy atom. The number of hydrogen-bond acceptors (Lipinski definition) is 6. The number of anilines is 2. The van der Waals surface area contributed by atoms with Crippen LogP contribution in [0.15, 0.2) is 91.0 Å². The van der Waals surface area contributed by atoms with Gasteiger partial charge in [-0.25, -0.2) is 0 Å². The molecule has 0 aliphatic carbocycles. The van der Waals surface area contributed by atoms with E-state index in [1.165, 1.54) is 48.5 Å². The lowest BCUT2D eigenvalue weighted by Gasteiger charge is -2.20. The lowest BCUT2D eigenvalue weighted by atomic mass is 9.92. The van der Waals surface area contributed by atoms with Crippen LogP contribution < -0.4 is 20.8 Å². The molecule has 0 bridgehead atoms. The first-order valence-electron chi connectivity index (χ1n) is 14.8. The van der Waals surface area contributed by atoms with Crippen molar-refractivity contribution in [1.82, 2.24) is 0 Å². The number of hydrogen-bond donors (Lipinski definition) is 2. The highest BCUT2D eigenvalue weighted by molar-refractivity contribution is 6.06. The zero-order valence-corrected chi connectivity index (χ0v) is 26.3. The predicted octanol–water partition coefficient (Wildman–Crippen LogP) is 6.61. The largest absolute Gasteiger partial charge is 0.545 e. The minimum Gasteiger partial charge on any atom is -0.545 e. The Kier molecular flexibility index (Phi) is 13.4. The van der Waals surface area contributed by atoms with Crippen LogP contribution in [-0.2, 0) is 0 Å². The molecule has 0 spiro atoms. The van der Waals surface area contributed by atoms with E-state index in [2.05, 4.69) is 52.2 Å². The first kappa shape index (κ1) is 36.9. The fraction of sp³-hybridized carbons (Fsp3) is 0.263. The van der Waals surface area contributed by atoms with Gasteiger partial charge in [0.25, 0.3) is 11.8 Å². The summed E-state index contributed by atoms with van der Waals surface area (Å²) >= 11 is 0. The minimum absolute atomic E-state index is 0. The Balaban J connectivity index is 0.000000316. The monoisotopic (exact) mass is 622 g/mol. The second-order valence-electron chi connectivity index (χ2n) is 11.5. The van der Waals surface area contributed by atoms with Gasteiger partial charge in [0.15, 0.2) is 0 Å². The molecular formula is C38H42N2O6-2. The molecule has 0 saturated heterocycles. The number of benzene rings is 4. The molecule has 0 saturated carbocycles. The molecule has 0 aromatic heterocycles. The van der Waals surface area contributed by atoms with Gasteiger partial charge in [-0.1, -0.05) is 110 Å². The summed E-state index contributed by atoms with van der Waals surface area (Å²) in [5.41, 5.74) is 5.75. The van der Waals surface area contributed by atoms with E-state index >= 15 is 0 Å². The average Bonchev–Trinajstić information content (AvgIpc) is 3.01. The molecule has 0 fully saturated rings. The fourth-order valence-electron chi connectivity index (χ4n) is 4.71. The van der Waals surface area contributed by atoms with Crippen LogP contribution in [-0.4, -0.2) is 23.8 Å². The summed E-state index contributed by atoms with van der Waals surface area (Å²) in [7, 11) is 0. The highest BCUT2D eigenvalue weighted by Crippen LogP contribution is 2.32. The molecule has 4 aromatic carbocycles. The van der Waals surface area contributed by atoms with Crippen molar-refractivity contribution in [1.29, 1.82) is 0 Å². The highest BCUT2D eigenvalue weighted by atomic mass is 16.4. The second-order valence-corrected chi connectivity index (χ2v) is 11.5. The van der Waals surface area contributed by atoms with Crippen LogP contribution in [0.4, 0.5) is 11.4 Å². The Morgan fingerprint density at radius 3 is 1.22 bits per heavy atom. The summed E-state index contributed by atoms with van der Waals surface area (Å²) in [6.07, 6.45) is 0. The van der Waals surface area contributed by atoms with Gasteiger partial charge >= 0.3 is 0 Å². The Morgan fingerprint density at radius 1 is 0.478 bits per heavy atom. The molecular weight excluding hydrogens is 580 g/mol. The second kappa shape index (κ2) is 16.7. The Labute approximate surface area is 271 Å². The molecule has 8 nitrogen and oxygen atoms in total. The minimum atomic E-state index is -1.26. The van der Waals surface area contributed by atoms with E-state index in [9.17, 15) is 29.4 Å². The summed E-state index contributed by atoms with van der Waals surface area (Å²) in [5, 5.41) is 27.3. The van der Waals surface area contributed by atoms with Crippen LogP contribution in [0.2, 0.25) is 0 Å². The maximum Gasteiger partial charge on any atom is 0.255 e. The van der Waals surface area contributed by atoms with Crippen molar-refractivity contribution < 1.29 is 29.4 Å². The van der Waals surface area contributed by atoms with Crippen LogP contribution in [0.5, 0.6) is 0 Å². The zero-order valence-electron chi connectivity index (χ0n) is 26.3. The van der Waals surface area contributed by atoms with E-state index in [1.54, 1.807) is 0 Å². The molecule has 2 N–H and O–H groups in total. The standard InChI is InChI=1S/C20H23NO3.C17H17NO3.CH4/c1-12(2)16-6-5-7-17(13(3)4)18(16)21-19(22)14-8-10-15(11-9-14)20(23)24;1-11(2)14-5-3-4-6-15(14)18-16(19)12-7-9-13(10-8-12)17(20)21;/h5-13H,1-4H3,(H,21,22)(H,23,24);3-11H,1-2H3,(H,18,19)(H,20,21);1H4/p-2. The van der Waals surface area contributed by atoms with Gasteiger partial charge in [0.05, 0.1) is 11.9 Å². The first-order valence-corrected chi connectivity index (χ1v) is 14.8. The Hall–Kier alpha value is -5.24. The van der Waals surface area contributed by atoms with Gasteiger partial charge in [0.1, 0.15) is 0 Å². The SMILES string of the molecule is C.CC(C)c1cccc(C(C)C)c1NC(=O)c1ccc(C(=O)[O-])cc1.CC(C)c1ccccc1NC(=O)c1ccc(C(=O)[O-])cc1. The zero-order chi connectivity index (χ0) is 33.3. The molecule has 4 aromatic rings. The summed E-state index contributed by atoms with van der Waals surface area (Å²) in [4.78, 5) is 46.2. The summed E-state index contributed by atoms with van der Waals surface area (Å²) in [6.45, 7) is 12.5. The maximum atomic E-state index is 12.6. The van der Waals surface area contributed by atoms with E-state index < -0.39 is 11.9 Å². The molecule has 242 valence electrons. The first-order chi connectivity index (χ1) is 21.3. The molecule has 4 rings (SSSR count). The molecule has 0 aliphatic heterocycles. The number of aromatic carboxylic acids is 2. The number of para-hydroxylation sites is 2. The van der Waals surface area contributed by atoms with Crippen LogP contribution in [0.3, 0.4) is 0 Å². The normalized spacial score (nSPS) is 10.5. The lowest BCUT2D eigenvalue weighted by molar-refractivity contribution is -0.256. The van der Waals surface area contributed by atoms with Gasteiger partial charge in [0, 0.05) is 22.5 Å². The van der Waals surface area contributed by atoms with Crippen LogP contribution >= 0.6 is 0 Å². The summed E-state index contributed by atoms with van der Waals surface area (Å²) < 4.78 is 0. The third kappa shape index (κ3) is 9.63. The maximum absolute atomic E-state index is 12.6. The van der Waals surface area contributed by atoms with Gasteiger partial charge in [-0.3, -0.25) is 9.59 Å². The van der Waals surface area contributed by atoms with Gasteiger partial charge in [-0.15, -0.1) is 0 Å². The topological polar surface area (TPSA) is 138 Å². The third-order valence-corrected chi connectivity index (χ3v) is 7.21. The van der Waals surface area contributed by atoms with Crippen molar-refractivity contribution >= 4 is 35.1 Å². The summed E-state index contributed by atoms with van der Waals surface area (Å²) in [6, 6.07) is 25.1. The number of carbonyl (C=O) groups excluding carboxylic acids is 4. The van der Waals surface area contributed by atoms with Crippen LogP contribution in [0.1, 0.15) is 125 Å². The van der Waals surface area contributed by atoms with Crippen molar-refractivity contribution in [3.8, 4) is 0 Å². The van der Waals surface area contributed by atoms with E-state index in [1.807, 2.05) is 42.5 Å². The Bertz CT molecular complexity index is 1630. The van der Waals surface area contributed by atoms with Crippen molar-refractivity contribution in [2.45, 2.75) is 66.7 Å². The number of amides is 2. The molecule has 0 unspecified atom stereocenters. The number of carboxylic acids is 2. The fourth-order valence-corrected chi connectivity index (χ4v) is 4.71. The predicted molar refractivity (Wildman–Crippen MR) is 179 cm³/mol. The number of nitrogens with one attached hydrogen (secondary N) is 2. The van der Waals surface area contributed by atoms with Crippen molar-refractivity contribution in [2.75, 3.05) is 10.6 Å². The van der Waals surface area contributed by atoms with Gasteiger partial charge in [0.2, 0.25) is 0 Å². The van der Waals surface area contributed by atoms with Crippen LogP contribution in [0, 0.1) is 0 Å². The third-order valence-electron chi connectivity index (χ3n) is 7.21. The quantitative estimate of drug-likeness (QED) is 0.215. The van der Waals surface area contributed by atoms with Crippen LogP contribution in [0.25, 0.3) is 0 Å². The molecule has 46 heavy (non-hydrogen) atoms. The van der Waals surface area contributed by atoms with Crippen molar-refractivity contribution in [3.63, 3.8) is 0 Å². The summed E-state index contributed by atoms with van der Waals surface area (Å²) in [5.74, 6) is -2.19.